The Kier molecular flexibility index (Phi) is 4.29. The summed E-state index contributed by atoms with van der Waals surface area (Å²) in [6, 6.07) is 4.33. The van der Waals surface area contributed by atoms with Crippen molar-refractivity contribution in [2.24, 2.45) is 0 Å². The van der Waals surface area contributed by atoms with Crippen LogP contribution in [0.5, 0.6) is 0 Å². The topological polar surface area (TPSA) is 90.9 Å². The number of anilines is 1. The molecule has 20 heavy (non-hydrogen) atoms. The molecule has 2 N–H and O–H groups in total. The van der Waals surface area contributed by atoms with E-state index in [-0.39, 0.29) is 16.3 Å². The zero-order valence-corrected chi connectivity index (χ0v) is 12.5. The smallest absolute Gasteiger partial charge is 0.187 e. The van der Waals surface area contributed by atoms with Gasteiger partial charge >= 0.3 is 0 Å². The van der Waals surface area contributed by atoms with E-state index in [1.165, 1.54) is 24.5 Å². The zero-order valence-electron chi connectivity index (χ0n) is 11.0. The summed E-state index contributed by atoms with van der Waals surface area (Å²) in [7, 11) is -3.58. The van der Waals surface area contributed by atoms with Crippen LogP contribution in [0.4, 0.5) is 5.69 Å². The first-order valence-corrected chi connectivity index (χ1v) is 8.11. The van der Waals surface area contributed by atoms with E-state index in [2.05, 4.69) is 10.1 Å². The zero-order chi connectivity index (χ0) is 14.8. The van der Waals surface area contributed by atoms with Crippen molar-refractivity contribution >= 4 is 27.1 Å². The number of nitrogens with two attached hydrogens (primary N) is 1. The molecule has 0 aliphatic carbocycles. The first kappa shape index (κ1) is 14.8. The molecular formula is C12H15ClN4O2S. The van der Waals surface area contributed by atoms with Crippen LogP contribution in [-0.2, 0) is 22.1 Å². The Balaban J connectivity index is 2.33. The van der Waals surface area contributed by atoms with Gasteiger partial charge in [0.25, 0.3) is 0 Å². The number of halogens is 1. The molecule has 0 spiro atoms. The third-order valence-electron chi connectivity index (χ3n) is 2.76. The highest BCUT2D eigenvalue weighted by molar-refractivity contribution is 7.90. The molecule has 8 heteroatoms. The third-order valence-corrected chi connectivity index (χ3v) is 4.67. The summed E-state index contributed by atoms with van der Waals surface area (Å²) in [5.74, 6) is 0.167. The van der Waals surface area contributed by atoms with Crippen LogP contribution >= 0.6 is 11.6 Å². The summed E-state index contributed by atoms with van der Waals surface area (Å²) in [5.41, 5.74) is 5.86. The van der Waals surface area contributed by atoms with Crippen molar-refractivity contribution in [3.05, 3.63) is 35.4 Å². The molecule has 1 aromatic carbocycles. The fourth-order valence-electron chi connectivity index (χ4n) is 1.85. The summed E-state index contributed by atoms with van der Waals surface area (Å²) in [6.07, 6.45) is 2.20. The molecule has 0 aliphatic rings. The fraction of sp³-hybridized carbons (Fsp3) is 0.333. The Labute approximate surface area is 122 Å². The minimum atomic E-state index is -3.58. The van der Waals surface area contributed by atoms with Crippen molar-refractivity contribution in [1.29, 1.82) is 0 Å². The SMILES string of the molecule is CCCn1ncnc1CS(=O)(=O)c1ccc(Cl)cc1N. The molecule has 0 saturated carbocycles. The number of nitrogen functional groups attached to an aromatic ring is 1. The highest BCUT2D eigenvalue weighted by atomic mass is 35.5. The number of sulfone groups is 1. The second kappa shape index (κ2) is 5.80. The van der Waals surface area contributed by atoms with Crippen LogP contribution in [0.25, 0.3) is 0 Å². The van der Waals surface area contributed by atoms with Crippen molar-refractivity contribution in [3.63, 3.8) is 0 Å². The standard InChI is InChI=1S/C12H15ClN4O2S/c1-2-5-17-12(15-8-16-17)7-20(18,19)11-4-3-9(13)6-10(11)14/h3-4,6,8H,2,5,7,14H2,1H3. The molecule has 0 aliphatic heterocycles. The van der Waals surface area contributed by atoms with Gasteiger partial charge in [-0.3, -0.25) is 0 Å². The maximum Gasteiger partial charge on any atom is 0.187 e. The lowest BCUT2D eigenvalue weighted by Gasteiger charge is -2.08. The van der Waals surface area contributed by atoms with E-state index < -0.39 is 9.84 Å². The summed E-state index contributed by atoms with van der Waals surface area (Å²) >= 11 is 5.77. The predicted molar refractivity (Wildman–Crippen MR) is 77.1 cm³/mol. The molecule has 108 valence electrons. The van der Waals surface area contributed by atoms with Gasteiger partial charge in [0.2, 0.25) is 0 Å². The number of rotatable bonds is 5. The molecule has 1 heterocycles. The lowest BCUT2D eigenvalue weighted by molar-refractivity contribution is 0.566. The van der Waals surface area contributed by atoms with Crippen molar-refractivity contribution in [2.75, 3.05) is 5.73 Å². The Morgan fingerprint density at radius 1 is 1.40 bits per heavy atom. The van der Waals surface area contributed by atoms with Crippen molar-refractivity contribution in [2.45, 2.75) is 30.5 Å². The highest BCUT2D eigenvalue weighted by Gasteiger charge is 2.21. The lowest BCUT2D eigenvalue weighted by Crippen LogP contribution is -2.13. The number of hydrogen-bond donors (Lipinski definition) is 1. The molecule has 0 radical (unpaired) electrons. The van der Waals surface area contributed by atoms with Gasteiger partial charge in [-0.2, -0.15) is 5.10 Å². The second-order valence-corrected chi connectivity index (χ2v) is 6.74. The summed E-state index contributed by atoms with van der Waals surface area (Å²) in [5, 5.41) is 4.41. The minimum Gasteiger partial charge on any atom is -0.398 e. The maximum atomic E-state index is 12.4. The van der Waals surface area contributed by atoms with Gasteiger partial charge in [0.1, 0.15) is 17.9 Å². The van der Waals surface area contributed by atoms with Crippen LogP contribution in [0, 0.1) is 0 Å². The first-order valence-electron chi connectivity index (χ1n) is 6.08. The third kappa shape index (κ3) is 3.10. The van der Waals surface area contributed by atoms with Gasteiger partial charge in [0.05, 0.1) is 10.6 Å². The van der Waals surface area contributed by atoms with E-state index in [1.54, 1.807) is 4.68 Å². The maximum absolute atomic E-state index is 12.4. The summed E-state index contributed by atoms with van der Waals surface area (Å²) in [4.78, 5) is 4.06. The Bertz CT molecular complexity index is 712. The number of aryl methyl sites for hydroxylation is 1. The van der Waals surface area contributed by atoms with Gasteiger partial charge in [-0.05, 0) is 24.6 Å². The van der Waals surface area contributed by atoms with Crippen LogP contribution in [0.1, 0.15) is 19.2 Å². The van der Waals surface area contributed by atoms with Gasteiger partial charge in [-0.25, -0.2) is 18.1 Å². The Hall–Kier alpha value is -1.60. The molecule has 2 rings (SSSR count). The van der Waals surface area contributed by atoms with Gasteiger partial charge < -0.3 is 5.73 Å². The van der Waals surface area contributed by atoms with Crippen LogP contribution < -0.4 is 5.73 Å². The van der Waals surface area contributed by atoms with Gasteiger partial charge in [0.15, 0.2) is 9.84 Å². The minimum absolute atomic E-state index is 0.0629. The first-order chi connectivity index (χ1) is 9.44. The van der Waals surface area contributed by atoms with E-state index in [1.807, 2.05) is 6.92 Å². The number of benzene rings is 1. The van der Waals surface area contributed by atoms with Crippen LogP contribution in [-0.4, -0.2) is 23.2 Å². The number of aromatic nitrogens is 3. The van der Waals surface area contributed by atoms with E-state index in [4.69, 9.17) is 17.3 Å². The monoisotopic (exact) mass is 314 g/mol. The van der Waals surface area contributed by atoms with E-state index in [0.717, 1.165) is 6.42 Å². The number of nitrogens with zero attached hydrogens (tertiary/aromatic N) is 3. The van der Waals surface area contributed by atoms with E-state index in [0.29, 0.717) is 17.4 Å². The largest absolute Gasteiger partial charge is 0.398 e. The van der Waals surface area contributed by atoms with E-state index >= 15 is 0 Å². The second-order valence-electron chi connectivity index (χ2n) is 4.34. The molecule has 0 fully saturated rings. The molecule has 0 atom stereocenters. The molecule has 0 amide bonds. The summed E-state index contributed by atoms with van der Waals surface area (Å²) in [6.45, 7) is 2.61. The van der Waals surface area contributed by atoms with Gasteiger partial charge in [0, 0.05) is 11.6 Å². The van der Waals surface area contributed by atoms with Crippen molar-refractivity contribution in [3.8, 4) is 0 Å². The average molecular weight is 315 g/mol. The van der Waals surface area contributed by atoms with Gasteiger partial charge in [-0.15, -0.1) is 0 Å². The summed E-state index contributed by atoms with van der Waals surface area (Å²) < 4.78 is 26.4. The molecular weight excluding hydrogens is 300 g/mol. The highest BCUT2D eigenvalue weighted by Crippen LogP contribution is 2.25. The Morgan fingerprint density at radius 3 is 2.80 bits per heavy atom. The predicted octanol–water partition coefficient (Wildman–Crippen LogP) is 1.90. The average Bonchev–Trinajstić information content (AvgIpc) is 2.76. The van der Waals surface area contributed by atoms with Crippen molar-refractivity contribution < 1.29 is 8.42 Å². The molecule has 2 aromatic rings. The lowest BCUT2D eigenvalue weighted by atomic mass is 10.3. The van der Waals surface area contributed by atoms with Crippen LogP contribution in [0.15, 0.2) is 29.4 Å². The molecule has 0 unspecified atom stereocenters. The quantitative estimate of drug-likeness (QED) is 0.851. The van der Waals surface area contributed by atoms with Crippen molar-refractivity contribution in [1.82, 2.24) is 14.8 Å². The van der Waals surface area contributed by atoms with Crippen LogP contribution in [0.2, 0.25) is 5.02 Å². The van der Waals surface area contributed by atoms with Crippen LogP contribution in [0.3, 0.4) is 0 Å². The van der Waals surface area contributed by atoms with E-state index in [9.17, 15) is 8.42 Å². The molecule has 1 aromatic heterocycles. The van der Waals surface area contributed by atoms with Gasteiger partial charge in [-0.1, -0.05) is 18.5 Å². The molecule has 0 bridgehead atoms. The Morgan fingerprint density at radius 2 is 2.15 bits per heavy atom. The normalized spacial score (nSPS) is 11.7. The molecule has 6 nitrogen and oxygen atoms in total. The molecule has 0 saturated heterocycles. The number of hydrogen-bond acceptors (Lipinski definition) is 5. The fourth-order valence-corrected chi connectivity index (χ4v) is 3.44.